The number of nitrogen functional groups attached to an aromatic ring is 2. The van der Waals surface area contributed by atoms with E-state index in [4.69, 9.17) is 21.5 Å². The van der Waals surface area contributed by atoms with Gasteiger partial charge in [0.1, 0.15) is 11.5 Å². The van der Waals surface area contributed by atoms with Crippen LogP contribution in [0.3, 0.4) is 0 Å². The highest BCUT2D eigenvalue weighted by atomic mass is 16.5. The summed E-state index contributed by atoms with van der Waals surface area (Å²) in [6.45, 7) is 1.91. The van der Waals surface area contributed by atoms with Crippen LogP contribution in [-0.2, 0) is 0 Å². The predicted octanol–water partition coefficient (Wildman–Crippen LogP) is 2.82. The van der Waals surface area contributed by atoms with Gasteiger partial charge in [0.15, 0.2) is 0 Å². The first-order chi connectivity index (χ1) is 8.60. The minimum absolute atomic E-state index is 0.474. The fourth-order valence-corrected chi connectivity index (χ4v) is 1.52. The lowest BCUT2D eigenvalue weighted by Crippen LogP contribution is -1.95. The summed E-state index contributed by atoms with van der Waals surface area (Å²) >= 11 is 0. The Balaban J connectivity index is 2.33. The van der Waals surface area contributed by atoms with Crippen LogP contribution in [0.1, 0.15) is 11.1 Å². The second-order valence-electron chi connectivity index (χ2n) is 3.98. The van der Waals surface area contributed by atoms with E-state index in [1.165, 1.54) is 0 Å². The Morgan fingerprint density at radius 1 is 1.06 bits per heavy atom. The Morgan fingerprint density at radius 3 is 2.50 bits per heavy atom. The first-order valence-electron chi connectivity index (χ1n) is 5.44. The van der Waals surface area contributed by atoms with Gasteiger partial charge < -0.3 is 16.2 Å². The van der Waals surface area contributed by atoms with Crippen LogP contribution in [-0.4, -0.2) is 0 Å². The Bertz CT molecular complexity index is 629. The van der Waals surface area contributed by atoms with Crippen LogP contribution in [0.5, 0.6) is 11.5 Å². The van der Waals surface area contributed by atoms with Crippen LogP contribution in [0.25, 0.3) is 0 Å². The minimum Gasteiger partial charge on any atom is -0.457 e. The predicted molar refractivity (Wildman–Crippen MR) is 71.2 cm³/mol. The molecule has 0 saturated heterocycles. The van der Waals surface area contributed by atoms with Crippen molar-refractivity contribution in [2.45, 2.75) is 6.92 Å². The summed E-state index contributed by atoms with van der Waals surface area (Å²) in [6, 6.07) is 12.5. The summed E-state index contributed by atoms with van der Waals surface area (Å²) in [6.07, 6.45) is 0. The molecule has 0 aliphatic rings. The molecule has 4 N–H and O–H groups in total. The van der Waals surface area contributed by atoms with Crippen LogP contribution in [0.2, 0.25) is 0 Å². The average Bonchev–Trinajstić information content (AvgIpc) is 2.36. The second kappa shape index (κ2) is 4.68. The van der Waals surface area contributed by atoms with Crippen LogP contribution < -0.4 is 16.2 Å². The molecule has 0 bridgehead atoms. The molecule has 0 saturated carbocycles. The number of aryl methyl sites for hydroxylation is 1. The number of anilines is 2. The standard InChI is InChI=1S/C14H13N3O/c1-9-2-3-10(8-15)6-14(9)18-11-4-5-12(16)13(17)7-11/h2-7H,16-17H2,1H3. The Labute approximate surface area is 105 Å². The van der Waals surface area contributed by atoms with Gasteiger partial charge >= 0.3 is 0 Å². The topological polar surface area (TPSA) is 85.1 Å². The highest BCUT2D eigenvalue weighted by molar-refractivity contribution is 5.65. The van der Waals surface area contributed by atoms with Gasteiger partial charge in [-0.3, -0.25) is 0 Å². The van der Waals surface area contributed by atoms with Crippen molar-refractivity contribution in [3.8, 4) is 17.6 Å². The maximum atomic E-state index is 8.86. The lowest BCUT2D eigenvalue weighted by Gasteiger charge is -2.10. The molecule has 2 aromatic rings. The van der Waals surface area contributed by atoms with Crippen molar-refractivity contribution < 1.29 is 4.74 Å². The summed E-state index contributed by atoms with van der Waals surface area (Å²) in [4.78, 5) is 0. The SMILES string of the molecule is Cc1ccc(C#N)cc1Oc1ccc(N)c(N)c1. The normalized spacial score (nSPS) is 9.78. The molecule has 0 unspecified atom stereocenters. The Morgan fingerprint density at radius 2 is 1.83 bits per heavy atom. The van der Waals surface area contributed by atoms with Gasteiger partial charge in [-0.15, -0.1) is 0 Å². The molecule has 0 spiro atoms. The van der Waals surface area contributed by atoms with E-state index in [9.17, 15) is 0 Å². The first kappa shape index (κ1) is 11.8. The molecule has 90 valence electrons. The van der Waals surface area contributed by atoms with Crippen molar-refractivity contribution in [2.24, 2.45) is 0 Å². The Kier molecular flexibility index (Phi) is 3.07. The number of hydrogen-bond acceptors (Lipinski definition) is 4. The van der Waals surface area contributed by atoms with Crippen molar-refractivity contribution in [2.75, 3.05) is 11.5 Å². The van der Waals surface area contributed by atoms with E-state index in [0.717, 1.165) is 5.56 Å². The zero-order chi connectivity index (χ0) is 13.1. The van der Waals surface area contributed by atoms with E-state index in [-0.39, 0.29) is 0 Å². The largest absolute Gasteiger partial charge is 0.457 e. The van der Waals surface area contributed by atoms with E-state index < -0.39 is 0 Å². The minimum atomic E-state index is 0.474. The van der Waals surface area contributed by atoms with E-state index in [1.807, 2.05) is 13.0 Å². The molecule has 0 aromatic heterocycles. The van der Waals surface area contributed by atoms with Crippen LogP contribution in [0, 0.1) is 18.3 Å². The second-order valence-corrected chi connectivity index (χ2v) is 3.98. The number of nitrogens with zero attached hydrogens (tertiary/aromatic N) is 1. The van der Waals surface area contributed by atoms with Gasteiger partial charge in [0.25, 0.3) is 0 Å². The zero-order valence-corrected chi connectivity index (χ0v) is 9.97. The summed E-state index contributed by atoms with van der Waals surface area (Å²) in [5.41, 5.74) is 13.8. The summed E-state index contributed by atoms with van der Waals surface area (Å²) in [5.74, 6) is 1.23. The third kappa shape index (κ3) is 2.36. The van der Waals surface area contributed by atoms with Gasteiger partial charge in [0, 0.05) is 6.07 Å². The maximum absolute atomic E-state index is 8.86. The van der Waals surface area contributed by atoms with E-state index in [0.29, 0.717) is 28.4 Å². The van der Waals surface area contributed by atoms with Crippen molar-refractivity contribution in [3.05, 3.63) is 47.5 Å². The van der Waals surface area contributed by atoms with Crippen molar-refractivity contribution in [3.63, 3.8) is 0 Å². The molecular formula is C14H13N3O. The Hall–Kier alpha value is -2.67. The first-order valence-corrected chi connectivity index (χ1v) is 5.44. The van der Waals surface area contributed by atoms with Gasteiger partial charge in [0.2, 0.25) is 0 Å². The van der Waals surface area contributed by atoms with Crippen LogP contribution in [0.15, 0.2) is 36.4 Å². The number of benzene rings is 2. The molecule has 0 fully saturated rings. The van der Waals surface area contributed by atoms with Crippen molar-refractivity contribution in [1.29, 1.82) is 5.26 Å². The zero-order valence-electron chi connectivity index (χ0n) is 9.97. The summed E-state index contributed by atoms with van der Waals surface area (Å²) in [7, 11) is 0. The fourth-order valence-electron chi connectivity index (χ4n) is 1.52. The summed E-state index contributed by atoms with van der Waals surface area (Å²) in [5, 5.41) is 8.86. The number of nitrogens with two attached hydrogens (primary N) is 2. The number of nitriles is 1. The molecule has 0 aliphatic heterocycles. The molecule has 4 heteroatoms. The molecule has 0 amide bonds. The molecule has 2 rings (SSSR count). The quantitative estimate of drug-likeness (QED) is 0.789. The lowest BCUT2D eigenvalue weighted by molar-refractivity contribution is 0.479. The van der Waals surface area contributed by atoms with E-state index in [2.05, 4.69) is 6.07 Å². The number of ether oxygens (including phenoxy) is 1. The van der Waals surface area contributed by atoms with Crippen molar-refractivity contribution in [1.82, 2.24) is 0 Å². The smallest absolute Gasteiger partial charge is 0.131 e. The van der Waals surface area contributed by atoms with Gasteiger partial charge in [-0.1, -0.05) is 6.07 Å². The molecular weight excluding hydrogens is 226 g/mol. The molecule has 0 heterocycles. The monoisotopic (exact) mass is 239 g/mol. The highest BCUT2D eigenvalue weighted by Crippen LogP contribution is 2.29. The van der Waals surface area contributed by atoms with Gasteiger partial charge in [0.05, 0.1) is 23.0 Å². The molecule has 0 radical (unpaired) electrons. The van der Waals surface area contributed by atoms with Crippen LogP contribution >= 0.6 is 0 Å². The molecule has 4 nitrogen and oxygen atoms in total. The van der Waals surface area contributed by atoms with E-state index in [1.54, 1.807) is 30.3 Å². The number of rotatable bonds is 2. The van der Waals surface area contributed by atoms with Crippen LogP contribution in [0.4, 0.5) is 11.4 Å². The highest BCUT2D eigenvalue weighted by Gasteiger charge is 2.04. The lowest BCUT2D eigenvalue weighted by atomic mass is 10.1. The number of hydrogen-bond donors (Lipinski definition) is 2. The molecule has 2 aromatic carbocycles. The third-order valence-corrected chi connectivity index (χ3v) is 2.60. The van der Waals surface area contributed by atoms with Gasteiger partial charge in [-0.25, -0.2) is 0 Å². The fraction of sp³-hybridized carbons (Fsp3) is 0.0714. The van der Waals surface area contributed by atoms with Gasteiger partial charge in [-0.2, -0.15) is 5.26 Å². The van der Waals surface area contributed by atoms with Crippen molar-refractivity contribution >= 4 is 11.4 Å². The third-order valence-electron chi connectivity index (χ3n) is 2.60. The summed E-state index contributed by atoms with van der Waals surface area (Å²) < 4.78 is 5.70. The average molecular weight is 239 g/mol. The maximum Gasteiger partial charge on any atom is 0.131 e. The van der Waals surface area contributed by atoms with Gasteiger partial charge in [-0.05, 0) is 36.8 Å². The molecule has 0 atom stereocenters. The molecule has 0 aliphatic carbocycles. The molecule has 18 heavy (non-hydrogen) atoms. The van der Waals surface area contributed by atoms with E-state index >= 15 is 0 Å².